The van der Waals surface area contributed by atoms with Gasteiger partial charge in [0.2, 0.25) is 0 Å². The molecule has 4 nitrogen and oxygen atoms in total. The molecule has 5 heteroatoms. The van der Waals surface area contributed by atoms with Gasteiger partial charge in [0.05, 0.1) is 0 Å². The second kappa shape index (κ2) is 7.50. The monoisotopic (exact) mass is 297 g/mol. The van der Waals surface area contributed by atoms with Crippen molar-refractivity contribution in [1.82, 2.24) is 4.90 Å². The number of hydrogen-bond acceptors (Lipinski definition) is 4. The van der Waals surface area contributed by atoms with E-state index < -0.39 is 0 Å². The quantitative estimate of drug-likeness (QED) is 0.784. The average Bonchev–Trinajstić information content (AvgIpc) is 2.46. The standard InChI is InChI=1S/C15H20ClNO3/c1-17-9-3-2-4-13(17)10-20-15(18)11-19-14-7-5-12(16)6-8-14/h5-8,13H,2-4,9-11H2,1H3. The zero-order chi connectivity index (χ0) is 14.4. The van der Waals surface area contributed by atoms with Gasteiger partial charge in [0.15, 0.2) is 6.61 Å². The number of carbonyl (C=O) groups excluding carboxylic acids is 1. The van der Waals surface area contributed by atoms with Gasteiger partial charge < -0.3 is 14.4 Å². The molecule has 20 heavy (non-hydrogen) atoms. The Morgan fingerprint density at radius 3 is 2.80 bits per heavy atom. The first-order valence-corrected chi connectivity index (χ1v) is 7.27. The number of piperidine rings is 1. The van der Waals surface area contributed by atoms with Crippen LogP contribution in [0.5, 0.6) is 5.75 Å². The van der Waals surface area contributed by atoms with Crippen molar-refractivity contribution in [2.45, 2.75) is 25.3 Å². The molecule has 0 aromatic heterocycles. The number of likely N-dealkylation sites (N-methyl/N-ethyl adjacent to an activating group) is 1. The molecular weight excluding hydrogens is 278 g/mol. The fourth-order valence-electron chi connectivity index (χ4n) is 2.26. The number of hydrogen-bond donors (Lipinski definition) is 0. The number of halogens is 1. The number of benzene rings is 1. The number of nitrogens with zero attached hydrogens (tertiary/aromatic N) is 1. The highest BCUT2D eigenvalue weighted by Crippen LogP contribution is 2.16. The first-order valence-electron chi connectivity index (χ1n) is 6.89. The second-order valence-electron chi connectivity index (χ2n) is 5.06. The third-order valence-corrected chi connectivity index (χ3v) is 3.78. The second-order valence-corrected chi connectivity index (χ2v) is 5.49. The van der Waals surface area contributed by atoms with E-state index in [0.29, 0.717) is 23.4 Å². The Morgan fingerprint density at radius 2 is 2.10 bits per heavy atom. The van der Waals surface area contributed by atoms with E-state index in [-0.39, 0.29) is 12.6 Å². The van der Waals surface area contributed by atoms with Gasteiger partial charge >= 0.3 is 5.97 Å². The maximum Gasteiger partial charge on any atom is 0.344 e. The summed E-state index contributed by atoms with van der Waals surface area (Å²) in [4.78, 5) is 13.9. The van der Waals surface area contributed by atoms with Crippen LogP contribution in [0.4, 0.5) is 0 Å². The fraction of sp³-hybridized carbons (Fsp3) is 0.533. The summed E-state index contributed by atoms with van der Waals surface area (Å²) < 4.78 is 10.6. The molecule has 1 saturated heterocycles. The fourth-order valence-corrected chi connectivity index (χ4v) is 2.38. The summed E-state index contributed by atoms with van der Waals surface area (Å²) in [6.07, 6.45) is 3.51. The van der Waals surface area contributed by atoms with Gasteiger partial charge in [0.25, 0.3) is 0 Å². The minimum absolute atomic E-state index is 0.0714. The summed E-state index contributed by atoms with van der Waals surface area (Å²) in [6.45, 7) is 1.45. The van der Waals surface area contributed by atoms with Crippen LogP contribution >= 0.6 is 11.6 Å². The molecule has 0 bridgehead atoms. The van der Waals surface area contributed by atoms with Crippen molar-refractivity contribution in [1.29, 1.82) is 0 Å². The van der Waals surface area contributed by atoms with Crippen molar-refractivity contribution in [3.63, 3.8) is 0 Å². The smallest absolute Gasteiger partial charge is 0.344 e. The third kappa shape index (κ3) is 4.69. The predicted octanol–water partition coefficient (Wildman–Crippen LogP) is 2.75. The number of rotatable bonds is 5. The molecule has 1 fully saturated rings. The Labute approximate surface area is 124 Å². The highest BCUT2D eigenvalue weighted by Gasteiger charge is 2.20. The zero-order valence-corrected chi connectivity index (χ0v) is 12.4. The Kier molecular flexibility index (Phi) is 5.68. The summed E-state index contributed by atoms with van der Waals surface area (Å²) in [7, 11) is 2.07. The van der Waals surface area contributed by atoms with Crippen LogP contribution in [-0.2, 0) is 9.53 Å². The van der Waals surface area contributed by atoms with Gasteiger partial charge in [-0.15, -0.1) is 0 Å². The number of likely N-dealkylation sites (tertiary alicyclic amines) is 1. The van der Waals surface area contributed by atoms with Crippen molar-refractivity contribution >= 4 is 17.6 Å². The lowest BCUT2D eigenvalue weighted by Gasteiger charge is -2.31. The molecule has 2 rings (SSSR count). The van der Waals surface area contributed by atoms with Crippen LogP contribution in [0.2, 0.25) is 5.02 Å². The summed E-state index contributed by atoms with van der Waals surface area (Å²) in [5, 5.41) is 0.639. The van der Waals surface area contributed by atoms with Gasteiger partial charge in [-0.1, -0.05) is 18.0 Å². The first kappa shape index (κ1) is 15.1. The molecule has 0 amide bonds. The molecule has 0 spiro atoms. The largest absolute Gasteiger partial charge is 0.482 e. The van der Waals surface area contributed by atoms with E-state index >= 15 is 0 Å². The van der Waals surface area contributed by atoms with E-state index in [1.807, 2.05) is 0 Å². The normalized spacial score (nSPS) is 19.6. The average molecular weight is 298 g/mol. The van der Waals surface area contributed by atoms with Gasteiger partial charge in [0, 0.05) is 11.1 Å². The molecule has 1 aliphatic heterocycles. The molecule has 1 atom stereocenters. The predicted molar refractivity (Wildman–Crippen MR) is 78.2 cm³/mol. The number of carbonyl (C=O) groups is 1. The van der Waals surface area contributed by atoms with Crippen LogP contribution in [-0.4, -0.2) is 43.7 Å². The summed E-state index contributed by atoms with van der Waals surface area (Å²) in [6, 6.07) is 7.23. The zero-order valence-electron chi connectivity index (χ0n) is 11.7. The molecule has 1 aliphatic rings. The van der Waals surface area contributed by atoms with E-state index in [4.69, 9.17) is 21.1 Å². The Bertz CT molecular complexity index is 435. The van der Waals surface area contributed by atoms with Crippen molar-refractivity contribution < 1.29 is 14.3 Å². The molecule has 110 valence electrons. The van der Waals surface area contributed by atoms with Crippen LogP contribution < -0.4 is 4.74 Å². The van der Waals surface area contributed by atoms with Crippen LogP contribution in [0, 0.1) is 0 Å². The molecule has 0 N–H and O–H groups in total. The molecular formula is C15H20ClNO3. The van der Waals surface area contributed by atoms with Crippen molar-refractivity contribution in [2.75, 3.05) is 26.8 Å². The molecule has 1 aromatic rings. The van der Waals surface area contributed by atoms with E-state index in [0.717, 1.165) is 13.0 Å². The van der Waals surface area contributed by atoms with E-state index in [1.165, 1.54) is 12.8 Å². The van der Waals surface area contributed by atoms with E-state index in [1.54, 1.807) is 24.3 Å². The molecule has 1 heterocycles. The first-order chi connectivity index (χ1) is 9.65. The highest BCUT2D eigenvalue weighted by molar-refractivity contribution is 6.30. The van der Waals surface area contributed by atoms with Gasteiger partial charge in [-0.2, -0.15) is 0 Å². The van der Waals surface area contributed by atoms with Crippen molar-refractivity contribution in [3.8, 4) is 5.75 Å². The lowest BCUT2D eigenvalue weighted by molar-refractivity contribution is -0.148. The molecule has 1 aromatic carbocycles. The molecule has 0 radical (unpaired) electrons. The number of esters is 1. The van der Waals surface area contributed by atoms with Crippen molar-refractivity contribution in [3.05, 3.63) is 29.3 Å². The van der Waals surface area contributed by atoms with E-state index in [9.17, 15) is 4.79 Å². The molecule has 0 aliphatic carbocycles. The minimum Gasteiger partial charge on any atom is -0.482 e. The van der Waals surface area contributed by atoms with Crippen LogP contribution in [0.1, 0.15) is 19.3 Å². The summed E-state index contributed by atoms with van der Waals surface area (Å²) >= 11 is 5.77. The highest BCUT2D eigenvalue weighted by atomic mass is 35.5. The number of ether oxygens (including phenoxy) is 2. The Hall–Kier alpha value is -1.26. The summed E-state index contributed by atoms with van der Waals surface area (Å²) in [5.74, 6) is 0.278. The Balaban J connectivity index is 1.68. The van der Waals surface area contributed by atoms with Gasteiger partial charge in [-0.25, -0.2) is 4.79 Å². The maximum absolute atomic E-state index is 11.6. The molecule has 1 unspecified atom stereocenters. The van der Waals surface area contributed by atoms with Crippen LogP contribution in [0.25, 0.3) is 0 Å². The molecule has 0 saturated carbocycles. The lowest BCUT2D eigenvalue weighted by atomic mass is 10.0. The van der Waals surface area contributed by atoms with Gasteiger partial charge in [-0.3, -0.25) is 0 Å². The topological polar surface area (TPSA) is 38.8 Å². The third-order valence-electron chi connectivity index (χ3n) is 3.53. The Morgan fingerprint density at radius 1 is 1.35 bits per heavy atom. The van der Waals surface area contributed by atoms with Gasteiger partial charge in [0.1, 0.15) is 12.4 Å². The van der Waals surface area contributed by atoms with Crippen LogP contribution in [0.3, 0.4) is 0 Å². The lowest BCUT2D eigenvalue weighted by Crippen LogP contribution is -2.40. The van der Waals surface area contributed by atoms with Gasteiger partial charge in [-0.05, 0) is 50.7 Å². The SMILES string of the molecule is CN1CCCCC1COC(=O)COc1ccc(Cl)cc1. The minimum atomic E-state index is -0.334. The van der Waals surface area contributed by atoms with Crippen molar-refractivity contribution in [2.24, 2.45) is 0 Å². The van der Waals surface area contributed by atoms with E-state index in [2.05, 4.69) is 11.9 Å². The maximum atomic E-state index is 11.6. The summed E-state index contributed by atoms with van der Waals surface area (Å²) in [5.41, 5.74) is 0. The van der Waals surface area contributed by atoms with Crippen LogP contribution in [0.15, 0.2) is 24.3 Å².